The summed E-state index contributed by atoms with van der Waals surface area (Å²) in [6.07, 6.45) is 8.67. The fourth-order valence-electron chi connectivity index (χ4n) is 6.11. The maximum absolute atomic E-state index is 11.7. The minimum absolute atomic E-state index is 0.0485. The van der Waals surface area contributed by atoms with Gasteiger partial charge in [-0.25, -0.2) is 14.6 Å². The molecule has 1 aliphatic carbocycles. The monoisotopic (exact) mass is 586 g/mol. The molecule has 0 radical (unpaired) electrons. The molecule has 39 heavy (non-hydrogen) atoms. The number of aliphatic hydroxyl groups excluding tert-OH is 1. The molecule has 1 aromatic carbocycles. The number of benzene rings is 1. The Morgan fingerprint density at radius 3 is 2.82 bits per heavy atom. The molecule has 3 aromatic rings. The molecule has 1 fully saturated rings. The van der Waals surface area contributed by atoms with Crippen molar-refractivity contribution in [1.29, 1.82) is 5.26 Å². The van der Waals surface area contributed by atoms with Gasteiger partial charge in [0.15, 0.2) is 11.3 Å². The van der Waals surface area contributed by atoms with E-state index in [1.165, 1.54) is 0 Å². The first-order valence-corrected chi connectivity index (χ1v) is 15.7. The molecule has 1 saturated heterocycles. The predicted octanol–water partition coefficient (Wildman–Crippen LogP) is 5.00. The number of halogens is 2. The standard InChI is InChI=1S/C28H32Cl2N6O2S/c1-16-11-18(6-9-24(16)35-10-4-5-25(35)26(37)15-39(3)38)23-14-32-27-22(13-31)34-36(28(27)33-23)17(2)20-8-7-19(29)12-21(20)30/h6-8,12,14,16-17,24-26,37H,4-5,9-11,15H2,1-3H3/t16-,17?,24?,25?,26?,39?/m1/s1. The van der Waals surface area contributed by atoms with Crippen molar-refractivity contribution in [3.05, 3.63) is 57.5 Å². The second kappa shape index (κ2) is 11.7. The lowest BCUT2D eigenvalue weighted by atomic mass is 9.83. The zero-order chi connectivity index (χ0) is 27.8. The van der Waals surface area contributed by atoms with Gasteiger partial charge in [0, 0.05) is 22.1 Å². The predicted molar refractivity (Wildman–Crippen MR) is 155 cm³/mol. The third-order valence-electron chi connectivity index (χ3n) is 8.04. The quantitative estimate of drug-likeness (QED) is 0.387. The number of likely N-dealkylation sites (tertiary alicyclic amines) is 1. The highest BCUT2D eigenvalue weighted by Crippen LogP contribution is 2.37. The van der Waals surface area contributed by atoms with Crippen LogP contribution in [0.3, 0.4) is 0 Å². The Morgan fingerprint density at radius 1 is 1.33 bits per heavy atom. The van der Waals surface area contributed by atoms with Crippen LogP contribution in [0.25, 0.3) is 16.7 Å². The summed E-state index contributed by atoms with van der Waals surface area (Å²) in [5.41, 5.74) is 3.93. The third-order valence-corrected chi connectivity index (χ3v) is 9.41. The average molecular weight is 588 g/mol. The Hall–Kier alpha value is -2.19. The van der Waals surface area contributed by atoms with Crippen molar-refractivity contribution in [3.8, 4) is 6.07 Å². The normalized spacial score (nSPS) is 24.4. The average Bonchev–Trinajstić information content (AvgIpc) is 3.52. The molecule has 3 heterocycles. The molecule has 1 aliphatic heterocycles. The summed E-state index contributed by atoms with van der Waals surface area (Å²) in [5.74, 6) is 0.658. The van der Waals surface area contributed by atoms with Crippen LogP contribution in [0.5, 0.6) is 0 Å². The van der Waals surface area contributed by atoms with E-state index in [4.69, 9.17) is 28.2 Å². The lowest BCUT2D eigenvalue weighted by molar-refractivity contribution is 0.0463. The van der Waals surface area contributed by atoms with Crippen LogP contribution in [0.4, 0.5) is 0 Å². The van der Waals surface area contributed by atoms with Gasteiger partial charge >= 0.3 is 0 Å². The Labute approximate surface area is 241 Å². The topological polar surface area (TPSA) is 114 Å². The number of hydrogen-bond acceptors (Lipinski definition) is 7. The number of aliphatic hydroxyl groups is 1. The van der Waals surface area contributed by atoms with Crippen LogP contribution in [-0.2, 0) is 11.2 Å². The van der Waals surface area contributed by atoms with Crippen molar-refractivity contribution in [2.24, 2.45) is 5.92 Å². The number of allylic oxidation sites excluding steroid dienone is 1. The summed E-state index contributed by atoms with van der Waals surface area (Å²) in [6, 6.07) is 7.54. The number of hydrogen-bond donors (Lipinski definition) is 1. The Morgan fingerprint density at radius 2 is 2.13 bits per heavy atom. The van der Waals surface area contributed by atoms with E-state index in [0.717, 1.165) is 49.1 Å². The van der Waals surface area contributed by atoms with Crippen LogP contribution in [0.2, 0.25) is 10.0 Å². The van der Waals surface area contributed by atoms with E-state index in [1.807, 2.05) is 13.0 Å². The van der Waals surface area contributed by atoms with Crippen molar-refractivity contribution in [3.63, 3.8) is 0 Å². The highest BCUT2D eigenvalue weighted by Gasteiger charge is 2.39. The highest BCUT2D eigenvalue weighted by molar-refractivity contribution is 7.90. The van der Waals surface area contributed by atoms with Crippen molar-refractivity contribution in [2.75, 3.05) is 18.6 Å². The summed E-state index contributed by atoms with van der Waals surface area (Å²) in [4.78, 5) is 12.0. The third kappa shape index (κ3) is 5.69. The minimum atomic E-state index is -1.03. The van der Waals surface area contributed by atoms with Gasteiger partial charge < -0.3 is 9.66 Å². The zero-order valence-corrected chi connectivity index (χ0v) is 24.5. The second-order valence-electron chi connectivity index (χ2n) is 10.6. The van der Waals surface area contributed by atoms with Gasteiger partial charge in [-0.3, -0.25) is 4.90 Å². The first-order valence-electron chi connectivity index (χ1n) is 13.2. The van der Waals surface area contributed by atoms with E-state index in [0.29, 0.717) is 38.9 Å². The summed E-state index contributed by atoms with van der Waals surface area (Å²) < 4.78 is 13.4. The Kier molecular flexibility index (Phi) is 8.53. The molecule has 1 N–H and O–H groups in total. The SMILES string of the molecule is CC(c1ccc(Cl)cc1Cl)n1nc(C#N)c2ncc(C3=CCC(N4CCCC4C(O)C[S+](C)[O-])[C@H](C)C3)nc21. The second-order valence-corrected chi connectivity index (χ2v) is 13.0. The van der Waals surface area contributed by atoms with Crippen molar-refractivity contribution < 1.29 is 9.66 Å². The molecule has 0 saturated carbocycles. The van der Waals surface area contributed by atoms with Crippen molar-refractivity contribution in [2.45, 2.75) is 63.8 Å². The highest BCUT2D eigenvalue weighted by atomic mass is 35.5. The molecule has 206 valence electrons. The molecule has 0 amide bonds. The minimum Gasteiger partial charge on any atom is -0.616 e. The smallest absolute Gasteiger partial charge is 0.190 e. The van der Waals surface area contributed by atoms with Crippen LogP contribution < -0.4 is 0 Å². The first-order chi connectivity index (χ1) is 18.7. The molecule has 8 nitrogen and oxygen atoms in total. The maximum atomic E-state index is 11.7. The molecule has 0 bridgehead atoms. The van der Waals surface area contributed by atoms with Gasteiger partial charge in [0.2, 0.25) is 0 Å². The first kappa shape index (κ1) is 28.3. The summed E-state index contributed by atoms with van der Waals surface area (Å²) in [7, 11) is 0. The Balaban J connectivity index is 1.43. The summed E-state index contributed by atoms with van der Waals surface area (Å²) >= 11 is 11.6. The van der Waals surface area contributed by atoms with Crippen molar-refractivity contribution >= 4 is 51.1 Å². The zero-order valence-electron chi connectivity index (χ0n) is 22.2. The van der Waals surface area contributed by atoms with E-state index in [1.54, 1.807) is 29.3 Å². The summed E-state index contributed by atoms with van der Waals surface area (Å²) in [6.45, 7) is 5.15. The van der Waals surface area contributed by atoms with Gasteiger partial charge in [0.25, 0.3) is 0 Å². The van der Waals surface area contributed by atoms with E-state index in [2.05, 4.69) is 34.1 Å². The van der Waals surface area contributed by atoms with Gasteiger partial charge in [-0.2, -0.15) is 10.4 Å². The number of fused-ring (bicyclic) bond motifs is 1. The van der Waals surface area contributed by atoms with E-state index < -0.39 is 17.3 Å². The molecule has 5 unspecified atom stereocenters. The largest absolute Gasteiger partial charge is 0.616 e. The number of aromatic nitrogens is 4. The fourth-order valence-corrected chi connectivity index (χ4v) is 7.37. The molecule has 11 heteroatoms. The van der Waals surface area contributed by atoms with Gasteiger partial charge in [-0.05, 0) is 68.3 Å². The summed E-state index contributed by atoms with van der Waals surface area (Å²) in [5, 5.41) is 26.0. The molecular formula is C28H32Cl2N6O2S. The van der Waals surface area contributed by atoms with Crippen LogP contribution in [0.1, 0.15) is 62.5 Å². The van der Waals surface area contributed by atoms with Gasteiger partial charge in [-0.15, -0.1) is 0 Å². The molecule has 6 atom stereocenters. The lowest BCUT2D eigenvalue weighted by Crippen LogP contribution is -2.50. The Bertz CT molecular complexity index is 1440. The number of rotatable bonds is 7. The molecular weight excluding hydrogens is 555 g/mol. The van der Waals surface area contributed by atoms with E-state index >= 15 is 0 Å². The van der Waals surface area contributed by atoms with Crippen LogP contribution >= 0.6 is 23.2 Å². The van der Waals surface area contributed by atoms with Crippen molar-refractivity contribution in [1.82, 2.24) is 24.6 Å². The number of nitriles is 1. The van der Waals surface area contributed by atoms with Gasteiger partial charge in [-0.1, -0.05) is 53.4 Å². The van der Waals surface area contributed by atoms with Crippen LogP contribution in [0, 0.1) is 17.2 Å². The molecule has 0 spiro atoms. The molecule has 5 rings (SSSR count). The van der Waals surface area contributed by atoms with Gasteiger partial charge in [0.05, 0.1) is 24.2 Å². The fraction of sp³-hybridized carbons (Fsp3) is 0.500. The maximum Gasteiger partial charge on any atom is 0.190 e. The van der Waals surface area contributed by atoms with E-state index in [9.17, 15) is 14.9 Å². The number of nitrogens with zero attached hydrogens (tertiary/aromatic N) is 6. The molecule has 2 aliphatic rings. The lowest BCUT2D eigenvalue weighted by Gasteiger charge is -2.40. The van der Waals surface area contributed by atoms with Crippen LogP contribution in [0.15, 0.2) is 30.5 Å². The van der Waals surface area contributed by atoms with Crippen LogP contribution in [-0.4, -0.2) is 71.0 Å². The van der Waals surface area contributed by atoms with E-state index in [-0.39, 0.29) is 17.8 Å². The van der Waals surface area contributed by atoms with Gasteiger partial charge in [0.1, 0.15) is 23.4 Å². The molecule has 2 aromatic heterocycles.